The Bertz CT molecular complexity index is 649. The average Bonchev–Trinajstić information content (AvgIpc) is 2.63. The van der Waals surface area contributed by atoms with E-state index in [9.17, 15) is 0 Å². The monoisotopic (exact) mass is 325 g/mol. The van der Waals surface area contributed by atoms with Crippen molar-refractivity contribution in [1.82, 2.24) is 4.90 Å². The van der Waals surface area contributed by atoms with E-state index in [4.69, 9.17) is 12.2 Å². The third kappa shape index (κ3) is 4.02. The molecule has 0 atom stereocenters. The Morgan fingerprint density at radius 1 is 1.00 bits per heavy atom. The summed E-state index contributed by atoms with van der Waals surface area (Å²) >= 11 is 5.59. The molecule has 0 aliphatic carbocycles. The van der Waals surface area contributed by atoms with Gasteiger partial charge in [0.25, 0.3) is 0 Å². The van der Waals surface area contributed by atoms with E-state index in [0.29, 0.717) is 0 Å². The minimum Gasteiger partial charge on any atom is -0.368 e. The SMILES string of the molecule is CCc1cccc(NC(=S)N2CCN(c3ccccc3)CC2)c1. The molecular formula is C19H23N3S. The highest BCUT2D eigenvalue weighted by Crippen LogP contribution is 2.17. The van der Waals surface area contributed by atoms with Gasteiger partial charge in [-0.3, -0.25) is 0 Å². The van der Waals surface area contributed by atoms with Crippen molar-refractivity contribution < 1.29 is 0 Å². The lowest BCUT2D eigenvalue weighted by atomic mass is 10.1. The van der Waals surface area contributed by atoms with Crippen molar-refractivity contribution in [1.29, 1.82) is 0 Å². The summed E-state index contributed by atoms with van der Waals surface area (Å²) in [6, 6.07) is 19.1. The van der Waals surface area contributed by atoms with Crippen LogP contribution in [0.5, 0.6) is 0 Å². The number of aryl methyl sites for hydroxylation is 1. The topological polar surface area (TPSA) is 18.5 Å². The molecule has 1 aliphatic heterocycles. The third-order valence-electron chi connectivity index (χ3n) is 4.27. The highest BCUT2D eigenvalue weighted by molar-refractivity contribution is 7.80. The maximum Gasteiger partial charge on any atom is 0.173 e. The summed E-state index contributed by atoms with van der Waals surface area (Å²) in [6.07, 6.45) is 1.04. The van der Waals surface area contributed by atoms with Gasteiger partial charge in [0.05, 0.1) is 0 Å². The number of hydrogen-bond donors (Lipinski definition) is 1. The van der Waals surface area contributed by atoms with Crippen LogP contribution in [0, 0.1) is 0 Å². The van der Waals surface area contributed by atoms with Crippen molar-refractivity contribution in [3.63, 3.8) is 0 Å². The minimum absolute atomic E-state index is 0.825. The normalized spacial score (nSPS) is 14.7. The molecule has 0 radical (unpaired) electrons. The lowest BCUT2D eigenvalue weighted by molar-refractivity contribution is 0.391. The minimum atomic E-state index is 0.825. The number of nitrogens with zero attached hydrogens (tertiary/aromatic N) is 2. The Balaban J connectivity index is 1.56. The van der Waals surface area contributed by atoms with Gasteiger partial charge < -0.3 is 15.1 Å². The number of para-hydroxylation sites is 1. The second-order valence-corrected chi connectivity index (χ2v) is 6.18. The summed E-state index contributed by atoms with van der Waals surface area (Å²) in [5.41, 5.74) is 3.70. The van der Waals surface area contributed by atoms with Gasteiger partial charge in [0.2, 0.25) is 0 Å². The predicted molar refractivity (Wildman–Crippen MR) is 102 cm³/mol. The fourth-order valence-corrected chi connectivity index (χ4v) is 3.18. The van der Waals surface area contributed by atoms with Crippen LogP contribution in [0.25, 0.3) is 0 Å². The van der Waals surface area contributed by atoms with E-state index < -0.39 is 0 Å². The molecule has 0 aromatic heterocycles. The summed E-state index contributed by atoms with van der Waals surface area (Å²) in [4.78, 5) is 4.67. The Hall–Kier alpha value is -2.07. The molecule has 0 amide bonds. The fourth-order valence-electron chi connectivity index (χ4n) is 2.88. The van der Waals surface area contributed by atoms with Crippen LogP contribution in [0.15, 0.2) is 54.6 Å². The van der Waals surface area contributed by atoms with E-state index in [0.717, 1.165) is 43.4 Å². The van der Waals surface area contributed by atoms with Gasteiger partial charge in [-0.1, -0.05) is 37.3 Å². The van der Waals surface area contributed by atoms with Crippen molar-refractivity contribution in [2.75, 3.05) is 36.4 Å². The molecule has 1 fully saturated rings. The molecule has 2 aromatic carbocycles. The van der Waals surface area contributed by atoms with Crippen molar-refractivity contribution in [2.24, 2.45) is 0 Å². The molecule has 4 heteroatoms. The first kappa shape index (κ1) is 15.8. The van der Waals surface area contributed by atoms with Crippen LogP contribution in [0.4, 0.5) is 11.4 Å². The van der Waals surface area contributed by atoms with Crippen LogP contribution in [-0.4, -0.2) is 36.2 Å². The molecule has 1 aliphatic rings. The van der Waals surface area contributed by atoms with Gasteiger partial charge in [-0.15, -0.1) is 0 Å². The molecule has 1 saturated heterocycles. The smallest absolute Gasteiger partial charge is 0.173 e. The van der Waals surface area contributed by atoms with Crippen LogP contribution < -0.4 is 10.2 Å². The van der Waals surface area contributed by atoms with E-state index >= 15 is 0 Å². The van der Waals surface area contributed by atoms with Crippen molar-refractivity contribution >= 4 is 28.7 Å². The third-order valence-corrected chi connectivity index (χ3v) is 4.63. The molecule has 3 rings (SSSR count). The molecule has 2 aromatic rings. The quantitative estimate of drug-likeness (QED) is 0.866. The summed E-state index contributed by atoms with van der Waals surface area (Å²) in [6.45, 7) is 6.07. The highest BCUT2D eigenvalue weighted by atomic mass is 32.1. The van der Waals surface area contributed by atoms with Crippen LogP contribution >= 0.6 is 12.2 Å². The predicted octanol–water partition coefficient (Wildman–Crippen LogP) is 3.77. The largest absolute Gasteiger partial charge is 0.368 e. The van der Waals surface area contributed by atoms with Crippen molar-refractivity contribution in [2.45, 2.75) is 13.3 Å². The molecule has 0 spiro atoms. The highest BCUT2D eigenvalue weighted by Gasteiger charge is 2.19. The van der Waals surface area contributed by atoms with E-state index in [-0.39, 0.29) is 0 Å². The Morgan fingerprint density at radius 3 is 2.43 bits per heavy atom. The van der Waals surface area contributed by atoms with Gasteiger partial charge in [-0.05, 0) is 48.5 Å². The lowest BCUT2D eigenvalue weighted by Crippen LogP contribution is -2.50. The first-order chi connectivity index (χ1) is 11.3. The molecule has 3 nitrogen and oxygen atoms in total. The second kappa shape index (κ2) is 7.47. The second-order valence-electron chi connectivity index (χ2n) is 5.79. The Kier molecular flexibility index (Phi) is 5.13. The summed E-state index contributed by atoms with van der Waals surface area (Å²) in [7, 11) is 0. The molecular weight excluding hydrogens is 302 g/mol. The zero-order chi connectivity index (χ0) is 16.1. The van der Waals surface area contributed by atoms with E-state index in [1.807, 2.05) is 0 Å². The molecule has 1 heterocycles. The average molecular weight is 325 g/mol. The van der Waals surface area contributed by atoms with Crippen LogP contribution in [0.3, 0.4) is 0 Å². The molecule has 0 saturated carbocycles. The van der Waals surface area contributed by atoms with Gasteiger partial charge in [-0.2, -0.15) is 0 Å². The van der Waals surface area contributed by atoms with Gasteiger partial charge in [-0.25, -0.2) is 0 Å². The van der Waals surface area contributed by atoms with E-state index in [2.05, 4.69) is 76.6 Å². The number of benzene rings is 2. The number of rotatable bonds is 3. The molecule has 23 heavy (non-hydrogen) atoms. The van der Waals surface area contributed by atoms with E-state index in [1.54, 1.807) is 0 Å². The molecule has 0 bridgehead atoms. The van der Waals surface area contributed by atoms with Gasteiger partial charge in [0, 0.05) is 37.6 Å². The maximum absolute atomic E-state index is 5.59. The number of nitrogens with one attached hydrogen (secondary N) is 1. The van der Waals surface area contributed by atoms with Gasteiger partial charge in [0.1, 0.15) is 0 Å². The van der Waals surface area contributed by atoms with Crippen LogP contribution in [0.1, 0.15) is 12.5 Å². The Labute approximate surface area is 143 Å². The van der Waals surface area contributed by atoms with Crippen LogP contribution in [-0.2, 0) is 6.42 Å². The first-order valence-corrected chi connectivity index (χ1v) is 8.62. The summed E-state index contributed by atoms with van der Waals surface area (Å²) in [5, 5.41) is 4.20. The van der Waals surface area contributed by atoms with Crippen molar-refractivity contribution in [3.8, 4) is 0 Å². The standard InChI is InChI=1S/C19H23N3S/c1-2-16-7-6-8-17(15-16)20-19(23)22-13-11-21(12-14-22)18-9-4-3-5-10-18/h3-10,15H,2,11-14H2,1H3,(H,20,23). The molecule has 120 valence electrons. The Morgan fingerprint density at radius 2 is 1.74 bits per heavy atom. The lowest BCUT2D eigenvalue weighted by Gasteiger charge is -2.37. The van der Waals surface area contributed by atoms with E-state index in [1.165, 1.54) is 11.3 Å². The number of thiocarbonyl (C=S) groups is 1. The summed E-state index contributed by atoms with van der Waals surface area (Å²) < 4.78 is 0. The summed E-state index contributed by atoms with van der Waals surface area (Å²) in [5.74, 6) is 0. The molecule has 1 N–H and O–H groups in total. The number of hydrogen-bond acceptors (Lipinski definition) is 2. The number of piperazine rings is 1. The first-order valence-electron chi connectivity index (χ1n) is 8.21. The fraction of sp³-hybridized carbons (Fsp3) is 0.316. The maximum atomic E-state index is 5.59. The van der Waals surface area contributed by atoms with Crippen LogP contribution in [0.2, 0.25) is 0 Å². The van der Waals surface area contributed by atoms with Gasteiger partial charge >= 0.3 is 0 Å². The zero-order valence-corrected chi connectivity index (χ0v) is 14.4. The number of anilines is 2. The van der Waals surface area contributed by atoms with Gasteiger partial charge in [0.15, 0.2) is 5.11 Å². The van der Waals surface area contributed by atoms with Crippen molar-refractivity contribution in [3.05, 3.63) is 60.2 Å². The zero-order valence-electron chi connectivity index (χ0n) is 13.5. The molecule has 0 unspecified atom stereocenters.